The van der Waals surface area contributed by atoms with Crippen molar-refractivity contribution < 1.29 is 9.59 Å². The van der Waals surface area contributed by atoms with E-state index in [9.17, 15) is 9.59 Å². The van der Waals surface area contributed by atoms with E-state index < -0.39 is 0 Å². The summed E-state index contributed by atoms with van der Waals surface area (Å²) in [4.78, 5) is 26.5. The molecule has 1 heterocycles. The summed E-state index contributed by atoms with van der Waals surface area (Å²) in [6.07, 6.45) is 5.24. The molecule has 1 aromatic rings. The zero-order valence-electron chi connectivity index (χ0n) is 10.8. The van der Waals surface area contributed by atoms with Crippen molar-refractivity contribution in [2.24, 2.45) is 23.7 Å². The standard InChI is InChI=1S/C16H14BrNO2/c17-12-5-1-9(2-6-12)8-18-15(19)13-10-3-4-11(7-10)14(13)16(18)20/h1-6,10-11,13-14H,7-8H2/t10-,11-,13-,14+/m0/s1. The van der Waals surface area contributed by atoms with Crippen molar-refractivity contribution in [3.63, 3.8) is 0 Å². The number of likely N-dealkylation sites (tertiary alicyclic amines) is 1. The zero-order valence-corrected chi connectivity index (χ0v) is 12.4. The molecule has 102 valence electrons. The first kappa shape index (κ1) is 12.3. The van der Waals surface area contributed by atoms with Crippen LogP contribution in [0.15, 0.2) is 40.9 Å². The van der Waals surface area contributed by atoms with Gasteiger partial charge in [-0.1, -0.05) is 40.2 Å². The molecule has 2 fully saturated rings. The number of benzene rings is 1. The Morgan fingerprint density at radius 3 is 2.10 bits per heavy atom. The first-order valence-corrected chi connectivity index (χ1v) is 7.72. The summed E-state index contributed by atoms with van der Waals surface area (Å²) in [6, 6.07) is 7.77. The van der Waals surface area contributed by atoms with Gasteiger partial charge in [0.15, 0.2) is 0 Å². The Morgan fingerprint density at radius 1 is 1.00 bits per heavy atom. The van der Waals surface area contributed by atoms with Crippen LogP contribution in [-0.2, 0) is 16.1 Å². The third kappa shape index (κ3) is 1.64. The minimum atomic E-state index is -0.0899. The summed E-state index contributed by atoms with van der Waals surface area (Å²) in [5.41, 5.74) is 0.996. The van der Waals surface area contributed by atoms with Gasteiger partial charge in [0.05, 0.1) is 18.4 Å². The van der Waals surface area contributed by atoms with Crippen LogP contribution >= 0.6 is 15.9 Å². The predicted octanol–water partition coefficient (Wildman–Crippen LogP) is 2.76. The smallest absolute Gasteiger partial charge is 0.234 e. The van der Waals surface area contributed by atoms with Gasteiger partial charge in [-0.05, 0) is 36.0 Å². The van der Waals surface area contributed by atoms with Crippen LogP contribution in [0, 0.1) is 23.7 Å². The van der Waals surface area contributed by atoms with Crippen molar-refractivity contribution in [3.05, 3.63) is 46.5 Å². The Kier molecular flexibility index (Phi) is 2.64. The summed E-state index contributed by atoms with van der Waals surface area (Å²) in [6.45, 7) is 0.400. The number of hydrogen-bond acceptors (Lipinski definition) is 2. The second-order valence-corrected chi connectivity index (χ2v) is 6.80. The number of fused-ring (bicyclic) bond motifs is 5. The van der Waals surface area contributed by atoms with E-state index in [-0.39, 0.29) is 35.5 Å². The molecule has 1 aromatic carbocycles. The SMILES string of the molecule is O=C1[C@@H]2[C@H](C(=O)N1Cc1ccc(Br)cc1)[C@H]1C=C[C@H]2C1. The normalized spacial score (nSPS) is 34.1. The Bertz CT molecular complexity index is 592. The first-order valence-electron chi connectivity index (χ1n) is 6.93. The van der Waals surface area contributed by atoms with E-state index in [0.717, 1.165) is 16.5 Å². The Morgan fingerprint density at radius 2 is 1.55 bits per heavy atom. The minimum absolute atomic E-state index is 0.0276. The van der Waals surface area contributed by atoms with Crippen LogP contribution in [0.25, 0.3) is 0 Å². The molecule has 20 heavy (non-hydrogen) atoms. The van der Waals surface area contributed by atoms with Gasteiger partial charge >= 0.3 is 0 Å². The van der Waals surface area contributed by atoms with Crippen LogP contribution in [0.5, 0.6) is 0 Å². The van der Waals surface area contributed by atoms with Crippen LogP contribution in [-0.4, -0.2) is 16.7 Å². The van der Waals surface area contributed by atoms with Gasteiger partial charge in [-0.2, -0.15) is 0 Å². The minimum Gasteiger partial charge on any atom is -0.278 e. The van der Waals surface area contributed by atoms with Gasteiger partial charge in [-0.3, -0.25) is 14.5 Å². The molecule has 0 unspecified atom stereocenters. The fourth-order valence-corrected chi connectivity index (χ4v) is 4.16. The maximum Gasteiger partial charge on any atom is 0.234 e. The molecule has 1 aliphatic heterocycles. The number of imide groups is 1. The summed E-state index contributed by atoms with van der Waals surface area (Å²) in [5.74, 6) is 0.452. The maximum atomic E-state index is 12.5. The number of rotatable bonds is 2. The van der Waals surface area contributed by atoms with Gasteiger partial charge in [0.1, 0.15) is 0 Å². The van der Waals surface area contributed by atoms with Crippen molar-refractivity contribution in [2.75, 3.05) is 0 Å². The average Bonchev–Trinajstić information content (AvgIpc) is 3.11. The second kappa shape index (κ2) is 4.29. The molecule has 0 spiro atoms. The van der Waals surface area contributed by atoms with E-state index in [2.05, 4.69) is 28.1 Å². The molecular weight excluding hydrogens is 318 g/mol. The lowest BCUT2D eigenvalue weighted by Crippen LogP contribution is -2.32. The van der Waals surface area contributed by atoms with Gasteiger partial charge in [0.25, 0.3) is 0 Å². The van der Waals surface area contributed by atoms with Crippen molar-refractivity contribution in [3.8, 4) is 0 Å². The molecule has 4 heteroatoms. The molecule has 3 nitrogen and oxygen atoms in total. The van der Waals surface area contributed by atoms with Gasteiger partial charge in [-0.15, -0.1) is 0 Å². The van der Waals surface area contributed by atoms with Crippen LogP contribution in [0.1, 0.15) is 12.0 Å². The monoisotopic (exact) mass is 331 g/mol. The van der Waals surface area contributed by atoms with Gasteiger partial charge in [0, 0.05) is 4.47 Å². The van der Waals surface area contributed by atoms with E-state index in [0.29, 0.717) is 6.54 Å². The quantitative estimate of drug-likeness (QED) is 0.617. The summed E-state index contributed by atoms with van der Waals surface area (Å²) >= 11 is 3.39. The topological polar surface area (TPSA) is 37.4 Å². The lowest BCUT2D eigenvalue weighted by atomic mass is 9.85. The Balaban J connectivity index is 1.60. The van der Waals surface area contributed by atoms with E-state index in [1.807, 2.05) is 24.3 Å². The maximum absolute atomic E-state index is 12.5. The second-order valence-electron chi connectivity index (χ2n) is 5.89. The zero-order chi connectivity index (χ0) is 13.9. The fourth-order valence-electron chi connectivity index (χ4n) is 3.89. The van der Waals surface area contributed by atoms with Gasteiger partial charge < -0.3 is 0 Å². The molecular formula is C16H14BrNO2. The highest BCUT2D eigenvalue weighted by Gasteiger charge is 2.59. The molecule has 4 atom stereocenters. The molecule has 0 N–H and O–H groups in total. The van der Waals surface area contributed by atoms with Gasteiger partial charge in [-0.25, -0.2) is 0 Å². The van der Waals surface area contributed by atoms with Crippen LogP contribution < -0.4 is 0 Å². The largest absolute Gasteiger partial charge is 0.278 e. The predicted molar refractivity (Wildman–Crippen MR) is 77.4 cm³/mol. The third-order valence-corrected chi connectivity index (χ3v) is 5.34. The fraction of sp³-hybridized carbons (Fsp3) is 0.375. The number of carbonyl (C=O) groups excluding carboxylic acids is 2. The van der Waals surface area contributed by atoms with Crippen LogP contribution in [0.4, 0.5) is 0 Å². The lowest BCUT2D eigenvalue weighted by molar-refractivity contribution is -0.141. The van der Waals surface area contributed by atoms with E-state index in [1.165, 1.54) is 4.90 Å². The van der Waals surface area contributed by atoms with Crippen molar-refractivity contribution in [2.45, 2.75) is 13.0 Å². The van der Waals surface area contributed by atoms with Crippen LogP contribution in [0.2, 0.25) is 0 Å². The lowest BCUT2D eigenvalue weighted by Gasteiger charge is -2.17. The van der Waals surface area contributed by atoms with Crippen molar-refractivity contribution in [1.29, 1.82) is 0 Å². The van der Waals surface area contributed by atoms with Crippen molar-refractivity contribution in [1.82, 2.24) is 4.90 Å². The molecule has 1 saturated carbocycles. The summed E-state index contributed by atoms with van der Waals surface area (Å²) in [7, 11) is 0. The number of halogens is 1. The van der Waals surface area contributed by atoms with Gasteiger partial charge in [0.2, 0.25) is 11.8 Å². The van der Waals surface area contributed by atoms with E-state index >= 15 is 0 Å². The molecule has 1 saturated heterocycles. The highest BCUT2D eigenvalue weighted by Crippen LogP contribution is 2.52. The summed E-state index contributed by atoms with van der Waals surface area (Å²) < 4.78 is 0.999. The highest BCUT2D eigenvalue weighted by molar-refractivity contribution is 9.10. The Hall–Kier alpha value is -1.42. The Labute approximate surface area is 125 Å². The number of carbonyl (C=O) groups is 2. The number of hydrogen-bond donors (Lipinski definition) is 0. The van der Waals surface area contributed by atoms with E-state index in [4.69, 9.17) is 0 Å². The highest BCUT2D eigenvalue weighted by atomic mass is 79.9. The molecule has 3 aliphatic rings. The van der Waals surface area contributed by atoms with Crippen molar-refractivity contribution >= 4 is 27.7 Å². The van der Waals surface area contributed by atoms with Crippen LogP contribution in [0.3, 0.4) is 0 Å². The van der Waals surface area contributed by atoms with E-state index in [1.54, 1.807) is 0 Å². The average molecular weight is 332 g/mol. The number of amides is 2. The number of allylic oxidation sites excluding steroid dienone is 2. The molecule has 0 aromatic heterocycles. The third-order valence-electron chi connectivity index (χ3n) is 4.82. The molecule has 2 bridgehead atoms. The summed E-state index contributed by atoms with van der Waals surface area (Å²) in [5, 5.41) is 0. The number of nitrogens with zero attached hydrogens (tertiary/aromatic N) is 1. The molecule has 0 radical (unpaired) electrons. The molecule has 2 amide bonds. The first-order chi connectivity index (χ1) is 9.65. The molecule has 4 rings (SSSR count). The molecule has 2 aliphatic carbocycles.